The molecule has 0 bridgehead atoms. The van der Waals surface area contributed by atoms with Gasteiger partial charge in [-0.2, -0.15) is 5.10 Å². The van der Waals surface area contributed by atoms with Gasteiger partial charge in [0.15, 0.2) is 5.88 Å². The summed E-state index contributed by atoms with van der Waals surface area (Å²) in [5, 5.41) is 15.5. The number of nitrogens with zero attached hydrogens (tertiary/aromatic N) is 3. The molecule has 7 heteroatoms. The highest BCUT2D eigenvalue weighted by Crippen LogP contribution is 2.37. The second-order valence-corrected chi connectivity index (χ2v) is 6.71. The molecule has 2 heterocycles. The molecule has 148 valence electrons. The van der Waals surface area contributed by atoms with Crippen molar-refractivity contribution in [2.75, 3.05) is 7.11 Å². The number of H-pyrrole nitrogens is 1. The average molecular weight is 392 g/mol. The van der Waals surface area contributed by atoms with Crippen LogP contribution in [0.4, 0.5) is 10.1 Å². The molecule has 0 radical (unpaired) electrons. The van der Waals surface area contributed by atoms with Crippen molar-refractivity contribution in [1.82, 2.24) is 14.8 Å². The normalized spacial score (nSPS) is 11.9. The van der Waals surface area contributed by atoms with Crippen molar-refractivity contribution >= 4 is 22.3 Å². The van der Waals surface area contributed by atoms with Crippen LogP contribution in [0.3, 0.4) is 0 Å². The Morgan fingerprint density at radius 1 is 1.31 bits per heavy atom. The van der Waals surface area contributed by atoms with Gasteiger partial charge in [0.2, 0.25) is 0 Å². The molecule has 0 aliphatic carbocycles. The number of aliphatic imine (C=N–C) groups is 1. The molecular weight excluding hydrogens is 371 g/mol. The molecule has 0 fully saturated rings. The first-order chi connectivity index (χ1) is 14.0. The Labute approximate surface area is 167 Å². The summed E-state index contributed by atoms with van der Waals surface area (Å²) in [5.41, 5.74) is 3.78. The summed E-state index contributed by atoms with van der Waals surface area (Å²) >= 11 is 0. The molecule has 0 amide bonds. The third-order valence-corrected chi connectivity index (χ3v) is 4.84. The summed E-state index contributed by atoms with van der Waals surface area (Å²) < 4.78 is 21.6. The number of halogens is 1. The molecule has 0 saturated heterocycles. The first-order valence-electron chi connectivity index (χ1n) is 9.26. The maximum absolute atomic E-state index is 14.6. The number of benzene rings is 2. The van der Waals surface area contributed by atoms with E-state index in [-0.39, 0.29) is 11.7 Å². The van der Waals surface area contributed by atoms with E-state index in [1.54, 1.807) is 35.3 Å². The van der Waals surface area contributed by atoms with Crippen molar-refractivity contribution in [2.24, 2.45) is 12.0 Å². The lowest BCUT2D eigenvalue weighted by Crippen LogP contribution is -1.98. The van der Waals surface area contributed by atoms with Crippen molar-refractivity contribution in [3.05, 3.63) is 60.2 Å². The van der Waals surface area contributed by atoms with E-state index in [0.29, 0.717) is 40.3 Å². The van der Waals surface area contributed by atoms with Gasteiger partial charge in [-0.25, -0.2) is 9.38 Å². The van der Waals surface area contributed by atoms with E-state index in [9.17, 15) is 9.50 Å². The molecule has 0 spiro atoms. The predicted molar refractivity (Wildman–Crippen MR) is 112 cm³/mol. The van der Waals surface area contributed by atoms with Gasteiger partial charge >= 0.3 is 0 Å². The van der Waals surface area contributed by atoms with E-state index in [4.69, 9.17) is 4.74 Å². The number of ether oxygens (including phenoxy) is 1. The van der Waals surface area contributed by atoms with Gasteiger partial charge < -0.3 is 14.8 Å². The summed E-state index contributed by atoms with van der Waals surface area (Å²) in [6.07, 6.45) is 4.07. The van der Waals surface area contributed by atoms with Crippen molar-refractivity contribution in [2.45, 2.75) is 13.3 Å². The number of nitrogens with one attached hydrogen (secondary N) is 1. The molecule has 4 aromatic rings. The van der Waals surface area contributed by atoms with E-state index in [1.807, 2.05) is 26.1 Å². The molecule has 2 aromatic carbocycles. The molecule has 2 N–H and O–H groups in total. The summed E-state index contributed by atoms with van der Waals surface area (Å²) in [4.78, 5) is 7.64. The minimum atomic E-state index is -0.371. The van der Waals surface area contributed by atoms with Crippen LogP contribution in [-0.2, 0) is 7.05 Å². The highest BCUT2D eigenvalue weighted by Gasteiger charge is 2.19. The fraction of sp³-hybridized carbons (Fsp3) is 0.182. The molecular formula is C22H21FN4O2. The SMILES string of the molecule is CCC(=Nc1cnn(C)c1)c1c(O)[nH]c2ccc(-c3c(F)cccc3OC)cc12. The molecule has 4 rings (SSSR count). The second kappa shape index (κ2) is 7.43. The number of hydrogen-bond donors (Lipinski definition) is 2. The lowest BCUT2D eigenvalue weighted by atomic mass is 9.99. The van der Waals surface area contributed by atoms with Crippen LogP contribution in [0.5, 0.6) is 11.6 Å². The van der Waals surface area contributed by atoms with Crippen LogP contribution in [0.15, 0.2) is 53.8 Å². The topological polar surface area (TPSA) is 75.4 Å². The number of rotatable bonds is 5. The van der Waals surface area contributed by atoms with Crippen molar-refractivity contribution in [1.29, 1.82) is 0 Å². The van der Waals surface area contributed by atoms with E-state index in [0.717, 1.165) is 10.9 Å². The second-order valence-electron chi connectivity index (χ2n) is 6.71. The zero-order valence-corrected chi connectivity index (χ0v) is 16.4. The highest BCUT2D eigenvalue weighted by molar-refractivity contribution is 6.14. The molecule has 2 aromatic heterocycles. The highest BCUT2D eigenvalue weighted by atomic mass is 19.1. The minimum absolute atomic E-state index is 0.0298. The van der Waals surface area contributed by atoms with Crippen molar-refractivity contribution in [3.63, 3.8) is 0 Å². The summed E-state index contributed by atoms with van der Waals surface area (Å²) in [6.45, 7) is 1.97. The lowest BCUT2D eigenvalue weighted by molar-refractivity contribution is 0.413. The summed E-state index contributed by atoms with van der Waals surface area (Å²) in [5.74, 6) is 0.109. The van der Waals surface area contributed by atoms with E-state index >= 15 is 0 Å². The number of methoxy groups -OCH3 is 1. The van der Waals surface area contributed by atoms with Gasteiger partial charge in [0.05, 0.1) is 36.3 Å². The van der Waals surface area contributed by atoms with Gasteiger partial charge in [-0.05, 0) is 36.2 Å². The predicted octanol–water partition coefficient (Wildman–Crippen LogP) is 4.95. The summed E-state index contributed by atoms with van der Waals surface area (Å²) in [6, 6.07) is 10.2. The Hall–Kier alpha value is -3.61. The van der Waals surface area contributed by atoms with Crippen molar-refractivity contribution in [3.8, 4) is 22.8 Å². The third-order valence-electron chi connectivity index (χ3n) is 4.84. The smallest absolute Gasteiger partial charge is 0.198 e. The fourth-order valence-corrected chi connectivity index (χ4v) is 3.51. The third kappa shape index (κ3) is 3.35. The van der Waals surface area contributed by atoms with E-state index in [1.165, 1.54) is 13.2 Å². The van der Waals surface area contributed by atoms with Gasteiger partial charge in [0, 0.05) is 18.0 Å². The zero-order valence-electron chi connectivity index (χ0n) is 16.4. The quantitative estimate of drug-likeness (QED) is 0.472. The number of aromatic hydroxyl groups is 1. The Balaban J connectivity index is 1.91. The van der Waals surface area contributed by atoms with E-state index in [2.05, 4.69) is 15.1 Å². The number of aromatic nitrogens is 3. The first kappa shape index (κ1) is 18.7. The van der Waals surface area contributed by atoms with Crippen LogP contribution in [0.1, 0.15) is 18.9 Å². The molecule has 0 saturated carbocycles. The number of fused-ring (bicyclic) bond motifs is 1. The first-order valence-corrected chi connectivity index (χ1v) is 9.26. The maximum Gasteiger partial charge on any atom is 0.198 e. The Morgan fingerprint density at radius 2 is 2.14 bits per heavy atom. The van der Waals surface area contributed by atoms with Crippen LogP contribution in [0, 0.1) is 5.82 Å². The maximum atomic E-state index is 14.6. The molecule has 6 nitrogen and oxygen atoms in total. The van der Waals surface area contributed by atoms with Crippen LogP contribution in [-0.4, -0.2) is 32.7 Å². The molecule has 0 atom stereocenters. The van der Waals surface area contributed by atoms with Crippen molar-refractivity contribution < 1.29 is 14.2 Å². The Bertz CT molecular complexity index is 1220. The van der Waals surface area contributed by atoms with Crippen LogP contribution in [0.25, 0.3) is 22.0 Å². The number of hydrogen-bond acceptors (Lipinski definition) is 4. The van der Waals surface area contributed by atoms with E-state index < -0.39 is 0 Å². The van der Waals surface area contributed by atoms with Gasteiger partial charge in [0.1, 0.15) is 17.3 Å². The summed E-state index contributed by atoms with van der Waals surface area (Å²) in [7, 11) is 3.34. The monoisotopic (exact) mass is 392 g/mol. The number of aryl methyl sites for hydroxylation is 1. The van der Waals surface area contributed by atoms with Crippen LogP contribution < -0.4 is 4.74 Å². The van der Waals surface area contributed by atoms with Gasteiger partial charge in [-0.1, -0.05) is 19.1 Å². The molecule has 0 unspecified atom stereocenters. The van der Waals surface area contributed by atoms with Gasteiger partial charge in [-0.15, -0.1) is 0 Å². The molecule has 0 aliphatic heterocycles. The largest absolute Gasteiger partial charge is 0.496 e. The van der Waals surface area contributed by atoms with Gasteiger partial charge in [0.25, 0.3) is 0 Å². The minimum Gasteiger partial charge on any atom is -0.496 e. The number of aromatic amines is 1. The lowest BCUT2D eigenvalue weighted by Gasteiger charge is -2.10. The Kier molecular flexibility index (Phi) is 4.80. The average Bonchev–Trinajstić information content (AvgIpc) is 3.27. The zero-order chi connectivity index (χ0) is 20.5. The Morgan fingerprint density at radius 3 is 2.83 bits per heavy atom. The molecule has 0 aliphatic rings. The standard InChI is InChI=1S/C22H21FN4O2/c1-4-17(25-14-11-24-27(2)12-14)21-15-10-13(8-9-18(15)26-22(21)28)20-16(23)6-5-7-19(20)29-3/h5-12,26,28H,4H2,1-3H3. The van der Waals surface area contributed by atoms with Crippen LogP contribution >= 0.6 is 0 Å². The van der Waals surface area contributed by atoms with Crippen LogP contribution in [0.2, 0.25) is 0 Å². The molecule has 29 heavy (non-hydrogen) atoms. The van der Waals surface area contributed by atoms with Gasteiger partial charge in [-0.3, -0.25) is 4.68 Å². The fourth-order valence-electron chi connectivity index (χ4n) is 3.51.